The minimum Gasteiger partial charge on any atom is -0.457 e. The first-order valence-corrected chi connectivity index (χ1v) is 12.1. The normalized spacial score (nSPS) is 19.8. The minimum absolute atomic E-state index is 0.0657. The average Bonchev–Trinajstić information content (AvgIpc) is 3.32. The summed E-state index contributed by atoms with van der Waals surface area (Å²) in [5.41, 5.74) is 6.31. The van der Waals surface area contributed by atoms with Gasteiger partial charge >= 0.3 is 5.97 Å². The average molecular weight is 473 g/mol. The Labute approximate surface area is 198 Å². The van der Waals surface area contributed by atoms with Crippen LogP contribution in [0.15, 0.2) is 59.8 Å². The lowest BCUT2D eigenvalue weighted by molar-refractivity contribution is -0.148. The molecule has 170 valence electrons. The Morgan fingerprint density at radius 2 is 1.94 bits per heavy atom. The van der Waals surface area contributed by atoms with Gasteiger partial charge in [0, 0.05) is 23.4 Å². The summed E-state index contributed by atoms with van der Waals surface area (Å²) in [4.78, 5) is 18.3. The molecule has 1 aliphatic carbocycles. The number of benzene rings is 2. The van der Waals surface area contributed by atoms with E-state index in [4.69, 9.17) is 32.3 Å². The zero-order valence-corrected chi connectivity index (χ0v) is 20.0. The number of para-hydroxylation sites is 1. The third-order valence-corrected chi connectivity index (χ3v) is 6.26. The standard InChI is InChI=1S/C24H28N2O4S2/c1-24(2)19(15-26-28-12-13-32-3)20(24)23(27)30-21(22(25)31)16-8-7-11-18(14-16)29-17-9-5-4-6-10-17/h4-11,14-15,19-21H,12-13H2,1-3H3,(H2,25,31). The van der Waals surface area contributed by atoms with Crippen molar-refractivity contribution >= 4 is 41.2 Å². The van der Waals surface area contributed by atoms with E-state index in [2.05, 4.69) is 5.16 Å². The molecule has 1 fully saturated rings. The number of hydrogen-bond acceptors (Lipinski definition) is 7. The molecule has 2 aromatic rings. The van der Waals surface area contributed by atoms with Crippen molar-refractivity contribution in [1.29, 1.82) is 0 Å². The van der Waals surface area contributed by atoms with Crippen LogP contribution >= 0.6 is 24.0 Å². The molecule has 1 saturated carbocycles. The number of hydrogen-bond donors (Lipinski definition) is 1. The molecule has 0 aromatic heterocycles. The monoisotopic (exact) mass is 472 g/mol. The summed E-state index contributed by atoms with van der Waals surface area (Å²) in [7, 11) is 0. The second-order valence-corrected chi connectivity index (χ2v) is 9.57. The quantitative estimate of drug-likeness (QED) is 0.162. The van der Waals surface area contributed by atoms with Crippen LogP contribution in [0.3, 0.4) is 0 Å². The van der Waals surface area contributed by atoms with E-state index in [0.29, 0.717) is 23.7 Å². The highest BCUT2D eigenvalue weighted by molar-refractivity contribution is 7.98. The van der Waals surface area contributed by atoms with Gasteiger partial charge in [-0.3, -0.25) is 4.79 Å². The zero-order chi connectivity index (χ0) is 23.1. The third-order valence-electron chi connectivity index (χ3n) is 5.47. The second-order valence-electron chi connectivity index (χ2n) is 8.11. The van der Waals surface area contributed by atoms with Crippen molar-refractivity contribution in [3.05, 3.63) is 60.2 Å². The number of oxime groups is 1. The largest absolute Gasteiger partial charge is 0.457 e. The van der Waals surface area contributed by atoms with Crippen molar-refractivity contribution < 1.29 is 19.1 Å². The van der Waals surface area contributed by atoms with Crippen molar-refractivity contribution in [2.24, 2.45) is 28.1 Å². The molecule has 6 nitrogen and oxygen atoms in total. The van der Waals surface area contributed by atoms with E-state index in [9.17, 15) is 4.79 Å². The Bertz CT molecular complexity index is 965. The van der Waals surface area contributed by atoms with E-state index in [1.807, 2.05) is 68.6 Å². The van der Waals surface area contributed by atoms with Gasteiger partial charge < -0.3 is 20.0 Å². The molecule has 0 saturated heterocycles. The van der Waals surface area contributed by atoms with Gasteiger partial charge in [0.05, 0.1) is 5.92 Å². The van der Waals surface area contributed by atoms with E-state index in [1.54, 1.807) is 24.0 Å². The first-order chi connectivity index (χ1) is 15.3. The van der Waals surface area contributed by atoms with Gasteiger partial charge in [-0.05, 0) is 35.9 Å². The van der Waals surface area contributed by atoms with E-state index in [-0.39, 0.29) is 28.2 Å². The molecule has 0 amide bonds. The highest BCUT2D eigenvalue weighted by Gasteiger charge is 2.62. The number of ether oxygens (including phenoxy) is 2. The molecule has 2 aromatic carbocycles. The van der Waals surface area contributed by atoms with Crippen LogP contribution in [0.1, 0.15) is 25.5 Å². The molecule has 0 heterocycles. The van der Waals surface area contributed by atoms with Crippen molar-refractivity contribution in [2.75, 3.05) is 18.6 Å². The van der Waals surface area contributed by atoms with Crippen LogP contribution < -0.4 is 10.5 Å². The van der Waals surface area contributed by atoms with Gasteiger partial charge in [0.1, 0.15) is 23.1 Å². The van der Waals surface area contributed by atoms with Crippen LogP contribution in [0.4, 0.5) is 0 Å². The summed E-state index contributed by atoms with van der Waals surface area (Å²) in [5, 5.41) is 4.01. The van der Waals surface area contributed by atoms with Crippen molar-refractivity contribution in [3.8, 4) is 11.5 Å². The van der Waals surface area contributed by atoms with Crippen molar-refractivity contribution in [2.45, 2.75) is 20.0 Å². The first kappa shape index (κ1) is 24.1. The summed E-state index contributed by atoms with van der Waals surface area (Å²) >= 11 is 6.89. The number of carbonyl (C=O) groups excluding carboxylic acids is 1. The Morgan fingerprint density at radius 3 is 2.62 bits per heavy atom. The molecule has 3 unspecified atom stereocenters. The predicted octanol–water partition coefficient (Wildman–Crippen LogP) is 4.99. The highest BCUT2D eigenvalue weighted by Crippen LogP contribution is 2.58. The van der Waals surface area contributed by atoms with Gasteiger partial charge in [-0.25, -0.2) is 0 Å². The van der Waals surface area contributed by atoms with Gasteiger partial charge in [0.2, 0.25) is 0 Å². The van der Waals surface area contributed by atoms with Crippen LogP contribution in [0.2, 0.25) is 0 Å². The minimum atomic E-state index is -0.844. The molecule has 1 aliphatic rings. The highest BCUT2D eigenvalue weighted by atomic mass is 32.2. The van der Waals surface area contributed by atoms with Crippen LogP contribution in [0.25, 0.3) is 0 Å². The molecule has 2 N–H and O–H groups in total. The molecule has 0 radical (unpaired) electrons. The predicted molar refractivity (Wildman–Crippen MR) is 132 cm³/mol. The number of carbonyl (C=O) groups is 1. The molecular formula is C24H28N2O4S2. The fourth-order valence-corrected chi connectivity index (χ4v) is 3.96. The van der Waals surface area contributed by atoms with Crippen LogP contribution in [-0.4, -0.2) is 35.8 Å². The fraction of sp³-hybridized carbons (Fsp3) is 0.375. The Kier molecular flexibility index (Phi) is 8.15. The number of esters is 1. The maximum Gasteiger partial charge on any atom is 0.311 e. The number of thiocarbonyl (C=S) groups is 1. The molecule has 8 heteroatoms. The maximum absolute atomic E-state index is 13.0. The van der Waals surface area contributed by atoms with E-state index >= 15 is 0 Å². The number of nitrogens with zero attached hydrogens (tertiary/aromatic N) is 1. The fourth-order valence-electron chi connectivity index (χ4n) is 3.53. The van der Waals surface area contributed by atoms with Gasteiger partial charge in [-0.2, -0.15) is 11.8 Å². The van der Waals surface area contributed by atoms with E-state index in [1.165, 1.54) is 0 Å². The number of thioether (sulfide) groups is 1. The van der Waals surface area contributed by atoms with Gasteiger partial charge in [-0.15, -0.1) is 0 Å². The molecule has 0 spiro atoms. The lowest BCUT2D eigenvalue weighted by Gasteiger charge is -2.18. The molecular weight excluding hydrogens is 444 g/mol. The lowest BCUT2D eigenvalue weighted by atomic mass is 10.1. The van der Waals surface area contributed by atoms with E-state index < -0.39 is 6.10 Å². The summed E-state index contributed by atoms with van der Waals surface area (Å²) in [6, 6.07) is 16.6. The van der Waals surface area contributed by atoms with Gasteiger partial charge in [0.25, 0.3) is 0 Å². The molecule has 3 atom stereocenters. The van der Waals surface area contributed by atoms with Gasteiger partial charge in [0.15, 0.2) is 6.10 Å². The maximum atomic E-state index is 13.0. The van der Waals surface area contributed by atoms with E-state index in [0.717, 1.165) is 5.75 Å². The topological polar surface area (TPSA) is 83.1 Å². The Balaban J connectivity index is 1.67. The van der Waals surface area contributed by atoms with Gasteiger partial charge in [-0.1, -0.05) is 61.6 Å². The summed E-state index contributed by atoms with van der Waals surface area (Å²) in [6.45, 7) is 4.54. The summed E-state index contributed by atoms with van der Waals surface area (Å²) < 4.78 is 11.7. The molecule has 0 aliphatic heterocycles. The van der Waals surface area contributed by atoms with Crippen molar-refractivity contribution in [3.63, 3.8) is 0 Å². The first-order valence-electron chi connectivity index (χ1n) is 10.3. The van der Waals surface area contributed by atoms with Crippen LogP contribution in [0.5, 0.6) is 11.5 Å². The third kappa shape index (κ3) is 6.01. The summed E-state index contributed by atoms with van der Waals surface area (Å²) in [5.74, 6) is 1.41. The Hall–Kier alpha value is -2.58. The molecule has 32 heavy (non-hydrogen) atoms. The van der Waals surface area contributed by atoms with Crippen LogP contribution in [0, 0.1) is 17.3 Å². The smallest absolute Gasteiger partial charge is 0.311 e. The Morgan fingerprint density at radius 1 is 1.22 bits per heavy atom. The second kappa shape index (κ2) is 10.8. The van der Waals surface area contributed by atoms with Crippen molar-refractivity contribution in [1.82, 2.24) is 0 Å². The molecule has 0 bridgehead atoms. The number of rotatable bonds is 11. The SMILES string of the molecule is CSCCON=CC1C(C(=O)OC(C(N)=S)c2cccc(Oc3ccccc3)c2)C1(C)C. The number of nitrogens with two attached hydrogens (primary N) is 1. The molecule has 3 rings (SSSR count). The van der Waals surface area contributed by atoms with Crippen LogP contribution in [-0.2, 0) is 14.4 Å². The zero-order valence-electron chi connectivity index (χ0n) is 18.4. The lowest BCUT2D eigenvalue weighted by Crippen LogP contribution is -2.26. The summed E-state index contributed by atoms with van der Waals surface area (Å²) in [6.07, 6.45) is 2.85.